The summed E-state index contributed by atoms with van der Waals surface area (Å²) in [4.78, 5) is 0. The molecule has 0 fully saturated rings. The zero-order valence-corrected chi connectivity index (χ0v) is 14.1. The van der Waals surface area contributed by atoms with Gasteiger partial charge in [0.15, 0.2) is 0 Å². The van der Waals surface area contributed by atoms with Gasteiger partial charge in [0.1, 0.15) is 22.2 Å². The van der Waals surface area contributed by atoms with E-state index in [0.29, 0.717) is 17.1 Å². The number of nitrogens with zero attached hydrogens (tertiary/aromatic N) is 3. The van der Waals surface area contributed by atoms with Crippen molar-refractivity contribution >= 4 is 23.4 Å². The molecule has 0 atom stereocenters. The number of fused-ring (bicyclic) bond motifs is 1. The molecule has 0 amide bonds. The molecule has 25 heavy (non-hydrogen) atoms. The van der Waals surface area contributed by atoms with Crippen LogP contribution in [0.4, 0.5) is 0 Å². The van der Waals surface area contributed by atoms with Crippen molar-refractivity contribution in [2.45, 2.75) is 11.4 Å². The summed E-state index contributed by atoms with van der Waals surface area (Å²) in [5, 5.41) is 30.6. The van der Waals surface area contributed by atoms with Gasteiger partial charge in [-0.25, -0.2) is 4.68 Å². The van der Waals surface area contributed by atoms with Crippen LogP contribution < -0.4 is 0 Å². The number of rotatable bonds is 3. The lowest BCUT2D eigenvalue weighted by molar-refractivity contribution is 0.447. The number of hydrogen-bond acceptors (Lipinski definition) is 5. The first-order valence-corrected chi connectivity index (χ1v) is 8.21. The van der Waals surface area contributed by atoms with E-state index in [1.165, 1.54) is 12.1 Å². The number of aromatic hydroxyl groups is 2. The zero-order chi connectivity index (χ0) is 17.4. The van der Waals surface area contributed by atoms with Crippen molar-refractivity contribution in [1.29, 1.82) is 0 Å². The van der Waals surface area contributed by atoms with E-state index in [1.807, 2.05) is 18.2 Å². The Bertz CT molecular complexity index is 1070. The number of hydrogen-bond donors (Lipinski definition) is 3. The molecule has 0 saturated heterocycles. The molecular formula is C19H15N3O2S. The Hall–Kier alpha value is -2.99. The summed E-state index contributed by atoms with van der Waals surface area (Å²) in [5.74, 6) is -0.0829. The highest BCUT2D eigenvalue weighted by Gasteiger charge is 2.16. The van der Waals surface area contributed by atoms with Crippen molar-refractivity contribution in [3.05, 3.63) is 71.9 Å². The largest absolute Gasteiger partial charge is 0.508 e. The highest BCUT2D eigenvalue weighted by atomic mass is 32.1. The van der Waals surface area contributed by atoms with E-state index in [4.69, 9.17) is 0 Å². The fraction of sp³-hybridized carbons (Fsp3) is 0.0526. The molecule has 4 aromatic rings. The van der Waals surface area contributed by atoms with E-state index in [9.17, 15) is 10.2 Å². The topological polar surface area (TPSA) is 71.2 Å². The van der Waals surface area contributed by atoms with Crippen molar-refractivity contribution in [3.8, 4) is 17.2 Å². The molecule has 0 unspecified atom stereocenters. The molecule has 0 aliphatic carbocycles. The predicted octanol–water partition coefficient (Wildman–Crippen LogP) is 3.71. The van der Waals surface area contributed by atoms with Gasteiger partial charge in [-0.1, -0.05) is 47.7 Å². The number of phenolic OH excluding ortho intramolecular Hbond substituents is 2. The van der Waals surface area contributed by atoms with Crippen LogP contribution in [0, 0.1) is 0 Å². The van der Waals surface area contributed by atoms with Crippen molar-refractivity contribution in [1.82, 2.24) is 15.0 Å². The van der Waals surface area contributed by atoms with Crippen LogP contribution in [-0.4, -0.2) is 25.2 Å². The minimum Gasteiger partial charge on any atom is -0.508 e. The Morgan fingerprint density at radius 1 is 0.960 bits per heavy atom. The molecule has 0 bridgehead atoms. The van der Waals surface area contributed by atoms with Crippen LogP contribution >= 0.6 is 12.6 Å². The molecule has 4 rings (SSSR count). The molecule has 2 N–H and O–H groups in total. The van der Waals surface area contributed by atoms with Gasteiger partial charge in [0.2, 0.25) is 0 Å². The lowest BCUT2D eigenvalue weighted by Crippen LogP contribution is -2.04. The van der Waals surface area contributed by atoms with Crippen molar-refractivity contribution in [2.75, 3.05) is 0 Å². The first kappa shape index (κ1) is 15.5. The lowest BCUT2D eigenvalue weighted by atomic mass is 10.0. The summed E-state index contributed by atoms with van der Waals surface area (Å²) in [6.07, 6.45) is 0.563. The van der Waals surface area contributed by atoms with Gasteiger partial charge in [0.05, 0.1) is 5.69 Å². The maximum atomic E-state index is 10.1. The molecule has 0 saturated carbocycles. The second-order valence-corrected chi connectivity index (χ2v) is 6.18. The van der Waals surface area contributed by atoms with Gasteiger partial charge in [-0.15, -0.1) is 17.7 Å². The zero-order valence-electron chi connectivity index (χ0n) is 13.2. The van der Waals surface area contributed by atoms with Crippen LogP contribution in [0.3, 0.4) is 0 Å². The normalized spacial score (nSPS) is 11.1. The van der Waals surface area contributed by atoms with E-state index < -0.39 is 0 Å². The smallest absolute Gasteiger partial charge is 0.145 e. The van der Waals surface area contributed by atoms with Crippen molar-refractivity contribution < 1.29 is 10.2 Å². The SMILES string of the molecule is Oc1ccc(-n2nnc(S)c2Cc2cccc3ccccc23)c(O)c1. The molecule has 5 nitrogen and oxygen atoms in total. The first-order valence-electron chi connectivity index (χ1n) is 7.76. The molecule has 3 aromatic carbocycles. The quantitative estimate of drug-likeness (QED) is 0.493. The molecular weight excluding hydrogens is 334 g/mol. The molecule has 124 valence electrons. The third-order valence-electron chi connectivity index (χ3n) is 4.17. The van der Waals surface area contributed by atoms with E-state index in [-0.39, 0.29) is 11.5 Å². The standard InChI is InChI=1S/C19H15N3O2S/c23-14-8-9-16(18(24)11-14)22-17(19(25)20-21-22)10-13-6-3-5-12-4-1-2-7-15(12)13/h1-9,11,23-25H,10H2. The molecule has 6 heteroatoms. The van der Waals surface area contributed by atoms with Crippen LogP contribution in [0.2, 0.25) is 0 Å². The first-order chi connectivity index (χ1) is 12.1. The summed E-state index contributed by atoms with van der Waals surface area (Å²) < 4.78 is 1.55. The van der Waals surface area contributed by atoms with Gasteiger partial charge in [-0.05, 0) is 28.5 Å². The van der Waals surface area contributed by atoms with Crippen LogP contribution in [0.15, 0.2) is 65.7 Å². The van der Waals surface area contributed by atoms with Crippen LogP contribution in [0.5, 0.6) is 11.5 Å². The summed E-state index contributed by atoms with van der Waals surface area (Å²) in [5.41, 5.74) is 2.33. The number of phenols is 2. The minimum atomic E-state index is -0.0718. The fourth-order valence-corrected chi connectivity index (χ4v) is 3.17. The maximum absolute atomic E-state index is 10.1. The van der Waals surface area contributed by atoms with Gasteiger partial charge in [-0.2, -0.15) is 0 Å². The van der Waals surface area contributed by atoms with Gasteiger partial charge < -0.3 is 10.2 Å². The third-order valence-corrected chi connectivity index (χ3v) is 4.52. The summed E-state index contributed by atoms with van der Waals surface area (Å²) in [7, 11) is 0. The van der Waals surface area contributed by atoms with Crippen LogP contribution in [-0.2, 0) is 6.42 Å². The van der Waals surface area contributed by atoms with Crippen molar-refractivity contribution in [2.24, 2.45) is 0 Å². The monoisotopic (exact) mass is 349 g/mol. The average Bonchev–Trinajstić information content (AvgIpc) is 2.96. The summed E-state index contributed by atoms with van der Waals surface area (Å²) in [6.45, 7) is 0. The minimum absolute atomic E-state index is 0.0111. The van der Waals surface area contributed by atoms with Gasteiger partial charge in [-0.3, -0.25) is 0 Å². The Kier molecular flexibility index (Phi) is 3.82. The van der Waals surface area contributed by atoms with E-state index in [1.54, 1.807) is 10.7 Å². The molecule has 1 heterocycles. The van der Waals surface area contributed by atoms with E-state index in [2.05, 4.69) is 47.2 Å². The molecule has 0 spiro atoms. The van der Waals surface area contributed by atoms with Crippen molar-refractivity contribution in [3.63, 3.8) is 0 Å². The molecule has 0 aliphatic rings. The summed E-state index contributed by atoms with van der Waals surface area (Å²) in [6, 6.07) is 18.7. The van der Waals surface area contributed by atoms with Crippen LogP contribution in [0.1, 0.15) is 11.3 Å². The van der Waals surface area contributed by atoms with E-state index >= 15 is 0 Å². The number of benzene rings is 3. The Balaban J connectivity index is 1.83. The van der Waals surface area contributed by atoms with E-state index in [0.717, 1.165) is 22.0 Å². The Labute approximate surface area is 149 Å². The Morgan fingerprint density at radius 2 is 1.76 bits per heavy atom. The van der Waals surface area contributed by atoms with Gasteiger partial charge >= 0.3 is 0 Å². The number of aromatic nitrogens is 3. The molecule has 0 aliphatic heterocycles. The maximum Gasteiger partial charge on any atom is 0.145 e. The van der Waals surface area contributed by atoms with Gasteiger partial charge in [0, 0.05) is 12.5 Å². The summed E-state index contributed by atoms with van der Waals surface area (Å²) >= 11 is 4.42. The highest BCUT2D eigenvalue weighted by molar-refractivity contribution is 7.80. The second kappa shape index (κ2) is 6.14. The second-order valence-electron chi connectivity index (χ2n) is 5.76. The number of thiol groups is 1. The van der Waals surface area contributed by atoms with Crippen LogP contribution in [0.25, 0.3) is 16.5 Å². The lowest BCUT2D eigenvalue weighted by Gasteiger charge is -2.11. The average molecular weight is 349 g/mol. The Morgan fingerprint density at radius 3 is 2.60 bits per heavy atom. The molecule has 0 radical (unpaired) electrons. The predicted molar refractivity (Wildman–Crippen MR) is 98.7 cm³/mol. The third kappa shape index (κ3) is 2.81. The van der Waals surface area contributed by atoms with Gasteiger partial charge in [0.25, 0.3) is 0 Å². The highest BCUT2D eigenvalue weighted by Crippen LogP contribution is 2.29. The fourth-order valence-electron chi connectivity index (χ4n) is 2.96. The molecule has 1 aromatic heterocycles.